The highest BCUT2D eigenvalue weighted by Crippen LogP contribution is 2.21. The van der Waals surface area contributed by atoms with Crippen LogP contribution in [0.25, 0.3) is 0 Å². The molecular formula is C13H19N3O3. The fourth-order valence-corrected chi connectivity index (χ4v) is 1.64. The Morgan fingerprint density at radius 3 is 2.68 bits per heavy atom. The third-order valence-corrected chi connectivity index (χ3v) is 3.03. The summed E-state index contributed by atoms with van der Waals surface area (Å²) in [5.74, 6) is 0.219. The molecule has 0 fully saturated rings. The van der Waals surface area contributed by atoms with Gasteiger partial charge in [-0.3, -0.25) is 4.79 Å². The van der Waals surface area contributed by atoms with Crippen LogP contribution in [0.5, 0.6) is 5.75 Å². The molecule has 0 saturated carbocycles. The highest BCUT2D eigenvalue weighted by Gasteiger charge is 2.23. The summed E-state index contributed by atoms with van der Waals surface area (Å²) in [6.07, 6.45) is 0. The first kappa shape index (κ1) is 14.8. The minimum absolute atomic E-state index is 0.0255. The fourth-order valence-electron chi connectivity index (χ4n) is 1.64. The van der Waals surface area contributed by atoms with E-state index in [-0.39, 0.29) is 11.7 Å². The summed E-state index contributed by atoms with van der Waals surface area (Å²) in [5, 5.41) is 11.6. The van der Waals surface area contributed by atoms with E-state index in [0.717, 1.165) is 5.56 Å². The van der Waals surface area contributed by atoms with Crippen molar-refractivity contribution in [3.8, 4) is 5.75 Å². The van der Waals surface area contributed by atoms with E-state index < -0.39 is 6.04 Å². The van der Waals surface area contributed by atoms with Crippen LogP contribution >= 0.6 is 0 Å². The van der Waals surface area contributed by atoms with Crippen molar-refractivity contribution in [2.45, 2.75) is 19.9 Å². The van der Waals surface area contributed by atoms with Crippen molar-refractivity contribution in [3.05, 3.63) is 29.3 Å². The Hall–Kier alpha value is -2.24. The Bertz CT molecular complexity index is 500. The molecule has 104 valence electrons. The Morgan fingerprint density at radius 2 is 2.16 bits per heavy atom. The van der Waals surface area contributed by atoms with Crippen molar-refractivity contribution < 1.29 is 14.7 Å². The van der Waals surface area contributed by atoms with Crippen LogP contribution in [0, 0.1) is 6.92 Å². The van der Waals surface area contributed by atoms with Gasteiger partial charge in [-0.2, -0.15) is 0 Å². The van der Waals surface area contributed by atoms with Crippen molar-refractivity contribution >= 4 is 11.7 Å². The number of ether oxygens (including phenoxy) is 1. The molecule has 6 heteroatoms. The third-order valence-electron chi connectivity index (χ3n) is 3.03. The Morgan fingerprint density at radius 1 is 1.53 bits per heavy atom. The molecule has 6 nitrogen and oxygen atoms in total. The van der Waals surface area contributed by atoms with Gasteiger partial charge in [0.1, 0.15) is 5.75 Å². The van der Waals surface area contributed by atoms with Crippen molar-refractivity contribution in [1.82, 2.24) is 4.90 Å². The van der Waals surface area contributed by atoms with Gasteiger partial charge in [0.05, 0.1) is 18.7 Å². The topological polar surface area (TPSA) is 88.2 Å². The molecule has 1 aromatic carbocycles. The molecule has 0 aliphatic heterocycles. The van der Waals surface area contributed by atoms with E-state index in [4.69, 9.17) is 15.7 Å². The molecule has 0 bridgehead atoms. The molecule has 1 rings (SSSR count). The van der Waals surface area contributed by atoms with E-state index in [2.05, 4.69) is 5.16 Å². The number of oxime groups is 1. The third kappa shape index (κ3) is 3.15. The molecule has 0 aromatic heterocycles. The smallest absolute Gasteiger partial charge is 0.257 e. The zero-order valence-corrected chi connectivity index (χ0v) is 11.5. The van der Waals surface area contributed by atoms with Crippen LogP contribution < -0.4 is 10.5 Å². The van der Waals surface area contributed by atoms with E-state index in [1.165, 1.54) is 12.0 Å². The van der Waals surface area contributed by atoms with E-state index in [0.29, 0.717) is 11.3 Å². The van der Waals surface area contributed by atoms with Crippen molar-refractivity contribution in [3.63, 3.8) is 0 Å². The number of nitrogens with zero attached hydrogens (tertiary/aromatic N) is 2. The number of aryl methyl sites for hydroxylation is 1. The molecule has 19 heavy (non-hydrogen) atoms. The normalized spacial score (nSPS) is 12.9. The zero-order chi connectivity index (χ0) is 14.6. The summed E-state index contributed by atoms with van der Waals surface area (Å²) in [7, 11) is 3.10. The number of carbonyl (C=O) groups is 1. The minimum Gasteiger partial charge on any atom is -0.496 e. The lowest BCUT2D eigenvalue weighted by Gasteiger charge is -2.24. The van der Waals surface area contributed by atoms with Gasteiger partial charge >= 0.3 is 0 Å². The molecular weight excluding hydrogens is 246 g/mol. The van der Waals surface area contributed by atoms with Crippen LogP contribution in [0.2, 0.25) is 0 Å². The van der Waals surface area contributed by atoms with Crippen molar-refractivity contribution in [2.24, 2.45) is 10.9 Å². The lowest BCUT2D eigenvalue weighted by atomic mass is 10.1. The lowest BCUT2D eigenvalue weighted by Crippen LogP contribution is -2.43. The number of methoxy groups -OCH3 is 1. The number of nitrogens with two attached hydrogens (primary N) is 1. The number of hydrogen-bond donors (Lipinski definition) is 2. The highest BCUT2D eigenvalue weighted by atomic mass is 16.5. The first-order chi connectivity index (χ1) is 8.92. The second-order valence-electron chi connectivity index (χ2n) is 4.32. The molecule has 0 aliphatic carbocycles. The molecule has 1 atom stereocenters. The van der Waals surface area contributed by atoms with E-state index in [1.54, 1.807) is 26.1 Å². The van der Waals surface area contributed by atoms with Crippen LogP contribution in [0.15, 0.2) is 23.4 Å². The first-order valence-corrected chi connectivity index (χ1v) is 5.81. The maximum absolute atomic E-state index is 12.4. The van der Waals surface area contributed by atoms with Crippen molar-refractivity contribution in [2.75, 3.05) is 14.2 Å². The predicted octanol–water partition coefficient (Wildman–Crippen LogP) is 1.21. The number of hydrogen-bond acceptors (Lipinski definition) is 4. The number of amidine groups is 1. The Balaban J connectivity index is 3.09. The van der Waals surface area contributed by atoms with Crippen LogP contribution in [0.1, 0.15) is 22.8 Å². The molecule has 0 heterocycles. The largest absolute Gasteiger partial charge is 0.496 e. The molecule has 0 radical (unpaired) electrons. The summed E-state index contributed by atoms with van der Waals surface area (Å²) >= 11 is 0. The maximum Gasteiger partial charge on any atom is 0.257 e. The van der Waals surface area contributed by atoms with Gasteiger partial charge in [0, 0.05) is 7.05 Å². The second-order valence-corrected chi connectivity index (χ2v) is 4.32. The number of rotatable bonds is 4. The zero-order valence-electron chi connectivity index (χ0n) is 11.5. The van der Waals surface area contributed by atoms with Crippen molar-refractivity contribution in [1.29, 1.82) is 0 Å². The summed E-state index contributed by atoms with van der Waals surface area (Å²) in [5.41, 5.74) is 6.91. The average molecular weight is 265 g/mol. The predicted molar refractivity (Wildman–Crippen MR) is 72.7 cm³/mol. The van der Waals surface area contributed by atoms with E-state index in [1.807, 2.05) is 13.0 Å². The number of benzene rings is 1. The second kappa shape index (κ2) is 6.08. The summed E-state index contributed by atoms with van der Waals surface area (Å²) in [4.78, 5) is 13.8. The summed E-state index contributed by atoms with van der Waals surface area (Å²) < 4.78 is 5.18. The van der Waals surface area contributed by atoms with Gasteiger partial charge in [0.2, 0.25) is 0 Å². The SMILES string of the molecule is COc1ccc(C)cc1C(=O)N(C)C(C)C(N)=NO. The number of likely N-dealkylation sites (N-methyl/N-ethyl adjacent to an activating group) is 1. The van der Waals surface area contributed by atoms with E-state index in [9.17, 15) is 4.79 Å². The maximum atomic E-state index is 12.4. The fraction of sp³-hybridized carbons (Fsp3) is 0.385. The standard InChI is InChI=1S/C13H19N3O3/c1-8-5-6-11(19-4)10(7-8)13(17)16(3)9(2)12(14)15-18/h5-7,9,18H,1-4H3,(H2,14,15). The first-order valence-electron chi connectivity index (χ1n) is 5.81. The molecule has 0 spiro atoms. The van der Waals surface area contributed by atoms with Gasteiger partial charge in [-0.25, -0.2) is 0 Å². The molecule has 1 unspecified atom stereocenters. The number of carbonyl (C=O) groups excluding carboxylic acids is 1. The minimum atomic E-state index is -0.511. The average Bonchev–Trinajstić information content (AvgIpc) is 2.43. The van der Waals surface area contributed by atoms with E-state index >= 15 is 0 Å². The quantitative estimate of drug-likeness (QED) is 0.371. The molecule has 1 amide bonds. The van der Waals surface area contributed by atoms with Crippen LogP contribution in [0.4, 0.5) is 0 Å². The van der Waals surface area contributed by atoms with Gasteiger partial charge < -0.3 is 20.6 Å². The Labute approximate surface area is 112 Å². The highest BCUT2D eigenvalue weighted by molar-refractivity contribution is 6.00. The number of amides is 1. The van der Waals surface area contributed by atoms with Gasteiger partial charge in [0.25, 0.3) is 5.91 Å². The van der Waals surface area contributed by atoms with Crippen LogP contribution in [-0.2, 0) is 0 Å². The molecule has 0 aliphatic rings. The van der Waals surface area contributed by atoms with Gasteiger partial charge in [-0.05, 0) is 26.0 Å². The molecule has 3 N–H and O–H groups in total. The molecule has 1 aromatic rings. The Kier molecular flexibility index (Phi) is 4.74. The lowest BCUT2D eigenvalue weighted by molar-refractivity contribution is 0.0773. The summed E-state index contributed by atoms with van der Waals surface area (Å²) in [6, 6.07) is 4.84. The monoisotopic (exact) mass is 265 g/mol. The summed E-state index contributed by atoms with van der Waals surface area (Å²) in [6.45, 7) is 3.57. The molecule has 0 saturated heterocycles. The van der Waals surface area contributed by atoms with Crippen LogP contribution in [-0.4, -0.2) is 42.0 Å². The van der Waals surface area contributed by atoms with Gasteiger partial charge in [-0.1, -0.05) is 16.8 Å². The van der Waals surface area contributed by atoms with Gasteiger partial charge in [-0.15, -0.1) is 0 Å². The van der Waals surface area contributed by atoms with Gasteiger partial charge in [0.15, 0.2) is 5.84 Å². The van der Waals surface area contributed by atoms with Crippen LogP contribution in [0.3, 0.4) is 0 Å².